The van der Waals surface area contributed by atoms with Crippen molar-refractivity contribution in [3.8, 4) is 0 Å². The van der Waals surface area contributed by atoms with Crippen molar-refractivity contribution < 1.29 is 0 Å². The van der Waals surface area contributed by atoms with Crippen LogP contribution in [0.3, 0.4) is 0 Å². The van der Waals surface area contributed by atoms with Crippen LogP contribution in [0, 0.1) is 5.92 Å². The van der Waals surface area contributed by atoms with Gasteiger partial charge in [-0.15, -0.1) is 0 Å². The van der Waals surface area contributed by atoms with E-state index in [0.717, 1.165) is 5.92 Å². The standard InChI is InChI=1S/C10H12ClN/c11-9-4-3-8(6-10(9)12)5-7-1-2-7/h3-4,6-7H,1-2,5,12H2. The van der Waals surface area contributed by atoms with Gasteiger partial charge < -0.3 is 5.73 Å². The molecule has 0 heterocycles. The molecule has 1 aromatic rings. The molecule has 0 spiro atoms. The Hall–Kier alpha value is -0.690. The van der Waals surface area contributed by atoms with E-state index in [0.29, 0.717) is 10.7 Å². The summed E-state index contributed by atoms with van der Waals surface area (Å²) in [5, 5.41) is 0.662. The van der Waals surface area contributed by atoms with Crippen LogP contribution < -0.4 is 5.73 Å². The topological polar surface area (TPSA) is 26.0 Å². The van der Waals surface area contributed by atoms with Gasteiger partial charge in [0.1, 0.15) is 0 Å². The van der Waals surface area contributed by atoms with Crippen LogP contribution in [-0.4, -0.2) is 0 Å². The SMILES string of the molecule is Nc1cc(CC2CC2)ccc1Cl. The number of hydrogen-bond donors (Lipinski definition) is 1. The van der Waals surface area contributed by atoms with Crippen molar-refractivity contribution in [1.29, 1.82) is 0 Å². The van der Waals surface area contributed by atoms with Crippen molar-refractivity contribution in [2.45, 2.75) is 19.3 Å². The Kier molecular flexibility index (Phi) is 1.97. The zero-order chi connectivity index (χ0) is 8.55. The van der Waals surface area contributed by atoms with Gasteiger partial charge in [0.15, 0.2) is 0 Å². The van der Waals surface area contributed by atoms with Crippen LogP contribution in [0.25, 0.3) is 0 Å². The Bertz CT molecular complexity index is 292. The molecule has 0 aromatic heterocycles. The highest BCUT2D eigenvalue weighted by atomic mass is 35.5. The molecule has 0 unspecified atom stereocenters. The lowest BCUT2D eigenvalue weighted by Crippen LogP contribution is -1.91. The van der Waals surface area contributed by atoms with Gasteiger partial charge in [0.2, 0.25) is 0 Å². The maximum Gasteiger partial charge on any atom is 0.0635 e. The zero-order valence-corrected chi connectivity index (χ0v) is 7.64. The second-order valence-electron chi connectivity index (χ2n) is 3.50. The molecule has 1 saturated carbocycles. The molecule has 1 fully saturated rings. The molecular formula is C10H12ClN. The van der Waals surface area contributed by atoms with E-state index >= 15 is 0 Å². The van der Waals surface area contributed by atoms with Gasteiger partial charge in [0.25, 0.3) is 0 Å². The van der Waals surface area contributed by atoms with E-state index in [1.807, 2.05) is 12.1 Å². The molecule has 2 heteroatoms. The predicted octanol–water partition coefficient (Wildman–Crippen LogP) is 2.87. The van der Waals surface area contributed by atoms with E-state index < -0.39 is 0 Å². The second kappa shape index (κ2) is 2.98. The Morgan fingerprint density at radius 1 is 1.42 bits per heavy atom. The third-order valence-electron chi connectivity index (χ3n) is 2.28. The van der Waals surface area contributed by atoms with Crippen molar-refractivity contribution in [2.24, 2.45) is 5.92 Å². The van der Waals surface area contributed by atoms with Gasteiger partial charge in [-0.3, -0.25) is 0 Å². The lowest BCUT2D eigenvalue weighted by atomic mass is 10.1. The highest BCUT2D eigenvalue weighted by Gasteiger charge is 2.21. The smallest absolute Gasteiger partial charge is 0.0635 e. The molecular weight excluding hydrogens is 170 g/mol. The maximum atomic E-state index is 5.81. The van der Waals surface area contributed by atoms with Gasteiger partial charge in [0, 0.05) is 0 Å². The molecule has 2 rings (SSSR count). The van der Waals surface area contributed by atoms with Gasteiger partial charge in [-0.2, -0.15) is 0 Å². The minimum absolute atomic E-state index is 0.662. The van der Waals surface area contributed by atoms with Crippen LogP contribution in [0.15, 0.2) is 18.2 Å². The van der Waals surface area contributed by atoms with Crippen LogP contribution >= 0.6 is 11.6 Å². The Morgan fingerprint density at radius 2 is 2.17 bits per heavy atom. The summed E-state index contributed by atoms with van der Waals surface area (Å²) in [5.41, 5.74) is 7.71. The Morgan fingerprint density at radius 3 is 2.75 bits per heavy atom. The van der Waals surface area contributed by atoms with Gasteiger partial charge >= 0.3 is 0 Å². The van der Waals surface area contributed by atoms with Crippen LogP contribution in [-0.2, 0) is 6.42 Å². The highest BCUT2D eigenvalue weighted by molar-refractivity contribution is 6.33. The van der Waals surface area contributed by atoms with Crippen molar-refractivity contribution in [2.75, 3.05) is 5.73 Å². The normalized spacial score (nSPS) is 16.4. The van der Waals surface area contributed by atoms with E-state index in [1.165, 1.54) is 24.8 Å². The summed E-state index contributed by atoms with van der Waals surface area (Å²) in [6, 6.07) is 5.94. The average molecular weight is 182 g/mol. The summed E-state index contributed by atoms with van der Waals surface area (Å²) < 4.78 is 0. The zero-order valence-electron chi connectivity index (χ0n) is 6.89. The minimum Gasteiger partial charge on any atom is -0.398 e. The highest BCUT2D eigenvalue weighted by Crippen LogP contribution is 2.33. The van der Waals surface area contributed by atoms with Crippen LogP contribution in [0.2, 0.25) is 5.02 Å². The summed E-state index contributed by atoms with van der Waals surface area (Å²) in [7, 11) is 0. The monoisotopic (exact) mass is 181 g/mol. The van der Waals surface area contributed by atoms with E-state index in [9.17, 15) is 0 Å². The average Bonchev–Trinajstić information content (AvgIpc) is 2.81. The van der Waals surface area contributed by atoms with E-state index in [1.54, 1.807) is 0 Å². The molecule has 1 aliphatic carbocycles. The first-order chi connectivity index (χ1) is 5.75. The molecule has 12 heavy (non-hydrogen) atoms. The summed E-state index contributed by atoms with van der Waals surface area (Å²) >= 11 is 5.81. The van der Waals surface area contributed by atoms with Crippen molar-refractivity contribution in [3.63, 3.8) is 0 Å². The molecule has 64 valence electrons. The largest absolute Gasteiger partial charge is 0.398 e. The van der Waals surface area contributed by atoms with E-state index in [4.69, 9.17) is 17.3 Å². The first-order valence-electron chi connectivity index (χ1n) is 4.29. The maximum absolute atomic E-state index is 5.81. The first-order valence-corrected chi connectivity index (χ1v) is 4.67. The van der Waals surface area contributed by atoms with Gasteiger partial charge in [0.05, 0.1) is 10.7 Å². The van der Waals surface area contributed by atoms with E-state index in [2.05, 4.69) is 6.07 Å². The molecule has 0 saturated heterocycles. The Balaban J connectivity index is 2.15. The number of anilines is 1. The third-order valence-corrected chi connectivity index (χ3v) is 2.63. The molecule has 0 atom stereocenters. The molecule has 2 N–H and O–H groups in total. The molecule has 0 bridgehead atoms. The quantitative estimate of drug-likeness (QED) is 0.698. The number of nitrogens with two attached hydrogens (primary N) is 1. The predicted molar refractivity (Wildman–Crippen MR) is 52.3 cm³/mol. The fourth-order valence-corrected chi connectivity index (χ4v) is 1.49. The number of benzene rings is 1. The van der Waals surface area contributed by atoms with Crippen LogP contribution in [0.5, 0.6) is 0 Å². The number of hydrogen-bond acceptors (Lipinski definition) is 1. The lowest BCUT2D eigenvalue weighted by Gasteiger charge is -2.02. The Labute approximate surface area is 77.5 Å². The molecule has 1 aliphatic rings. The summed E-state index contributed by atoms with van der Waals surface area (Å²) in [5.74, 6) is 0.908. The fraction of sp³-hybridized carbons (Fsp3) is 0.400. The van der Waals surface area contributed by atoms with Gasteiger partial charge in [-0.05, 0) is 42.9 Å². The van der Waals surface area contributed by atoms with Gasteiger partial charge in [-0.25, -0.2) is 0 Å². The van der Waals surface area contributed by atoms with Crippen LogP contribution in [0.4, 0.5) is 5.69 Å². The van der Waals surface area contributed by atoms with E-state index in [-0.39, 0.29) is 0 Å². The number of nitrogen functional groups attached to an aromatic ring is 1. The van der Waals surface area contributed by atoms with Crippen molar-refractivity contribution >= 4 is 17.3 Å². The summed E-state index contributed by atoms with van der Waals surface area (Å²) in [6.07, 6.45) is 3.92. The molecule has 1 nitrogen and oxygen atoms in total. The molecule has 1 aromatic carbocycles. The second-order valence-corrected chi connectivity index (χ2v) is 3.91. The van der Waals surface area contributed by atoms with Gasteiger partial charge in [-0.1, -0.05) is 17.7 Å². The summed E-state index contributed by atoms with van der Waals surface area (Å²) in [6.45, 7) is 0. The molecule has 0 amide bonds. The third kappa shape index (κ3) is 1.72. The summed E-state index contributed by atoms with van der Waals surface area (Å²) in [4.78, 5) is 0. The number of rotatable bonds is 2. The fourth-order valence-electron chi connectivity index (χ4n) is 1.38. The first kappa shape index (κ1) is 7.93. The molecule has 0 aliphatic heterocycles. The van der Waals surface area contributed by atoms with Crippen LogP contribution in [0.1, 0.15) is 18.4 Å². The lowest BCUT2D eigenvalue weighted by molar-refractivity contribution is 0.833. The van der Waals surface area contributed by atoms with Crippen molar-refractivity contribution in [1.82, 2.24) is 0 Å². The minimum atomic E-state index is 0.662. The molecule has 0 radical (unpaired) electrons. The number of halogens is 1. The van der Waals surface area contributed by atoms with Crippen molar-refractivity contribution in [3.05, 3.63) is 28.8 Å².